The van der Waals surface area contributed by atoms with Gasteiger partial charge in [0.1, 0.15) is 0 Å². The van der Waals surface area contributed by atoms with Crippen LogP contribution < -0.4 is 0 Å². The van der Waals surface area contributed by atoms with Gasteiger partial charge < -0.3 is 15.1 Å². The van der Waals surface area contributed by atoms with Gasteiger partial charge in [0.2, 0.25) is 0 Å². The molecule has 2 N–H and O–H groups in total. The predicted octanol–water partition coefficient (Wildman–Crippen LogP) is 1.54. The lowest BCUT2D eigenvalue weighted by molar-refractivity contribution is -0.154. The van der Waals surface area contributed by atoms with Crippen molar-refractivity contribution in [2.45, 2.75) is 45.8 Å². The van der Waals surface area contributed by atoms with E-state index in [0.717, 1.165) is 12.8 Å². The van der Waals surface area contributed by atoms with Gasteiger partial charge in [-0.25, -0.2) is 4.79 Å². The maximum absolute atomic E-state index is 10.9. The highest BCUT2D eigenvalue weighted by Crippen LogP contribution is 2.59. The van der Waals surface area contributed by atoms with E-state index in [4.69, 9.17) is 5.11 Å². The molecule has 0 spiro atoms. The summed E-state index contributed by atoms with van der Waals surface area (Å²) in [5.41, 5.74) is -0.259. The zero-order valence-electron chi connectivity index (χ0n) is 9.53. The van der Waals surface area contributed by atoms with E-state index < -0.39 is 6.09 Å². The summed E-state index contributed by atoms with van der Waals surface area (Å²) in [6.07, 6.45) is 0.322. The number of hydrogen-bond acceptors (Lipinski definition) is 2. The van der Waals surface area contributed by atoms with Crippen LogP contribution in [0.25, 0.3) is 0 Å². The second-order valence-corrected chi connectivity index (χ2v) is 5.81. The van der Waals surface area contributed by atoms with Crippen LogP contribution in [0.15, 0.2) is 0 Å². The molecule has 1 aliphatic heterocycles. The Morgan fingerprint density at radius 1 is 1.40 bits per heavy atom. The molecule has 3 atom stereocenters. The van der Waals surface area contributed by atoms with Crippen molar-refractivity contribution in [2.75, 3.05) is 6.54 Å². The zero-order chi connectivity index (χ0) is 11.4. The Hall–Kier alpha value is -0.770. The summed E-state index contributed by atoms with van der Waals surface area (Å²) >= 11 is 0. The molecule has 2 rings (SSSR count). The third-order valence-electron chi connectivity index (χ3n) is 4.35. The Balaban J connectivity index is 2.29. The van der Waals surface area contributed by atoms with Crippen molar-refractivity contribution in [1.29, 1.82) is 0 Å². The average Bonchev–Trinajstić information content (AvgIpc) is 2.21. The van der Waals surface area contributed by atoms with Crippen LogP contribution in [0.5, 0.6) is 0 Å². The molecule has 1 aliphatic carbocycles. The highest BCUT2D eigenvalue weighted by Gasteiger charge is 2.66. The van der Waals surface area contributed by atoms with Crippen molar-refractivity contribution >= 4 is 6.09 Å². The van der Waals surface area contributed by atoms with Crippen molar-refractivity contribution in [1.82, 2.24) is 4.90 Å². The lowest BCUT2D eigenvalue weighted by atomic mass is 9.57. The molecule has 86 valence electrons. The minimum atomic E-state index is -0.853. The Bertz CT molecular complexity index is 297. The number of fused-ring (bicyclic) bond motifs is 1. The number of carbonyl (C=O) groups is 1. The van der Waals surface area contributed by atoms with Crippen molar-refractivity contribution < 1.29 is 15.0 Å². The van der Waals surface area contributed by atoms with E-state index in [0.29, 0.717) is 6.54 Å². The number of nitrogens with zero attached hydrogens (tertiary/aromatic N) is 1. The van der Waals surface area contributed by atoms with Gasteiger partial charge in [0.25, 0.3) is 0 Å². The minimum absolute atomic E-state index is 0.0185. The maximum Gasteiger partial charge on any atom is 0.407 e. The molecule has 4 heteroatoms. The first-order valence-electron chi connectivity index (χ1n) is 5.48. The van der Waals surface area contributed by atoms with Gasteiger partial charge in [-0.3, -0.25) is 0 Å². The number of likely N-dealkylation sites (tertiary alicyclic amines) is 1. The molecule has 1 saturated heterocycles. The molecule has 15 heavy (non-hydrogen) atoms. The van der Waals surface area contributed by atoms with E-state index in [2.05, 4.69) is 20.8 Å². The lowest BCUT2D eigenvalue weighted by Gasteiger charge is -2.60. The quantitative estimate of drug-likeness (QED) is 0.641. The van der Waals surface area contributed by atoms with Crippen molar-refractivity contribution in [3.8, 4) is 0 Å². The summed E-state index contributed by atoms with van der Waals surface area (Å²) in [4.78, 5) is 12.4. The number of aliphatic hydroxyl groups excluding tert-OH is 1. The molecule has 1 saturated carbocycles. The van der Waals surface area contributed by atoms with Gasteiger partial charge in [-0.05, 0) is 18.3 Å². The van der Waals surface area contributed by atoms with Crippen LogP contribution in [-0.4, -0.2) is 39.9 Å². The van der Waals surface area contributed by atoms with Gasteiger partial charge in [-0.1, -0.05) is 20.8 Å². The Labute approximate surface area is 89.9 Å². The summed E-state index contributed by atoms with van der Waals surface area (Å²) in [7, 11) is 0. The van der Waals surface area contributed by atoms with Gasteiger partial charge in [0.05, 0.1) is 6.10 Å². The highest BCUT2D eigenvalue weighted by molar-refractivity contribution is 5.67. The average molecular weight is 213 g/mol. The smallest absolute Gasteiger partial charge is 0.407 e. The van der Waals surface area contributed by atoms with Gasteiger partial charge in [0, 0.05) is 18.0 Å². The van der Waals surface area contributed by atoms with Crippen LogP contribution in [0.4, 0.5) is 4.79 Å². The zero-order valence-corrected chi connectivity index (χ0v) is 9.53. The van der Waals surface area contributed by atoms with Gasteiger partial charge in [0.15, 0.2) is 0 Å². The van der Waals surface area contributed by atoms with Crippen LogP contribution in [0.2, 0.25) is 0 Å². The number of rotatable bonds is 0. The molecule has 0 aromatic rings. The van der Waals surface area contributed by atoms with E-state index in [9.17, 15) is 9.90 Å². The first kappa shape index (κ1) is 10.7. The van der Waals surface area contributed by atoms with Gasteiger partial charge in [-0.15, -0.1) is 0 Å². The highest BCUT2D eigenvalue weighted by atomic mass is 16.4. The Morgan fingerprint density at radius 3 is 2.47 bits per heavy atom. The van der Waals surface area contributed by atoms with Gasteiger partial charge >= 0.3 is 6.09 Å². The fraction of sp³-hybridized carbons (Fsp3) is 0.909. The van der Waals surface area contributed by atoms with Gasteiger partial charge in [-0.2, -0.15) is 0 Å². The monoisotopic (exact) mass is 213 g/mol. The molecule has 0 aromatic heterocycles. The first-order chi connectivity index (χ1) is 6.80. The number of carboxylic acid groups (broad SMARTS) is 1. The van der Waals surface area contributed by atoms with E-state index in [-0.39, 0.29) is 23.0 Å². The molecule has 2 fully saturated rings. The SMILES string of the molecule is CC(C)(C)C12CN(C(=O)O)C1CCC2O. The maximum atomic E-state index is 10.9. The third kappa shape index (κ3) is 1.14. The predicted molar refractivity (Wildman–Crippen MR) is 55.6 cm³/mol. The van der Waals surface area contributed by atoms with Crippen molar-refractivity contribution in [3.63, 3.8) is 0 Å². The largest absolute Gasteiger partial charge is 0.465 e. The fourth-order valence-corrected chi connectivity index (χ4v) is 3.42. The Morgan fingerprint density at radius 2 is 2.00 bits per heavy atom. The standard InChI is InChI=1S/C11H19NO3/c1-10(2,3)11-6-12(9(14)15)7(11)4-5-8(11)13/h7-8,13H,4-6H2,1-3H3,(H,14,15). The summed E-state index contributed by atoms with van der Waals surface area (Å²) in [5, 5.41) is 19.1. The molecule has 3 unspecified atom stereocenters. The fourth-order valence-electron chi connectivity index (χ4n) is 3.42. The molecule has 4 nitrogen and oxygen atoms in total. The van der Waals surface area contributed by atoms with E-state index in [1.165, 1.54) is 4.90 Å². The molecular formula is C11H19NO3. The molecule has 1 heterocycles. The van der Waals surface area contributed by atoms with E-state index in [1.54, 1.807) is 0 Å². The van der Waals surface area contributed by atoms with Crippen molar-refractivity contribution in [3.05, 3.63) is 0 Å². The van der Waals surface area contributed by atoms with Crippen LogP contribution >= 0.6 is 0 Å². The topological polar surface area (TPSA) is 60.8 Å². The third-order valence-corrected chi connectivity index (χ3v) is 4.35. The molecule has 0 bridgehead atoms. The minimum Gasteiger partial charge on any atom is -0.465 e. The van der Waals surface area contributed by atoms with Crippen LogP contribution in [0.3, 0.4) is 0 Å². The summed E-state index contributed by atoms with van der Waals surface area (Å²) in [5.74, 6) is 0. The van der Waals surface area contributed by atoms with Crippen molar-refractivity contribution in [2.24, 2.45) is 10.8 Å². The summed E-state index contributed by atoms with van der Waals surface area (Å²) < 4.78 is 0. The molecule has 2 aliphatic rings. The lowest BCUT2D eigenvalue weighted by Crippen LogP contribution is -2.71. The second-order valence-electron chi connectivity index (χ2n) is 5.81. The first-order valence-corrected chi connectivity index (χ1v) is 5.48. The second kappa shape index (κ2) is 2.88. The van der Waals surface area contributed by atoms with Crippen LogP contribution in [-0.2, 0) is 0 Å². The van der Waals surface area contributed by atoms with Crippen LogP contribution in [0, 0.1) is 10.8 Å². The molecule has 0 aromatic carbocycles. The normalized spacial score (nSPS) is 39.9. The number of amides is 1. The number of aliphatic hydroxyl groups is 1. The van der Waals surface area contributed by atoms with E-state index in [1.807, 2.05) is 0 Å². The Kier molecular flexibility index (Phi) is 2.06. The molecule has 0 radical (unpaired) electrons. The summed E-state index contributed by atoms with van der Waals surface area (Å²) in [6.45, 7) is 6.76. The summed E-state index contributed by atoms with van der Waals surface area (Å²) in [6, 6.07) is 0.0185. The molecule has 1 amide bonds. The number of hydrogen-bond donors (Lipinski definition) is 2. The van der Waals surface area contributed by atoms with E-state index >= 15 is 0 Å². The molecular weight excluding hydrogens is 194 g/mol. The van der Waals surface area contributed by atoms with Crippen LogP contribution in [0.1, 0.15) is 33.6 Å².